The number of phenols is 1. The van der Waals surface area contributed by atoms with E-state index in [0.29, 0.717) is 34.9 Å². The summed E-state index contributed by atoms with van der Waals surface area (Å²) in [6.07, 6.45) is 1.10. The van der Waals surface area contributed by atoms with E-state index in [1.54, 1.807) is 19.1 Å². The van der Waals surface area contributed by atoms with Gasteiger partial charge in [0.15, 0.2) is 0 Å². The Balaban J connectivity index is 1.40. The molecule has 4 heterocycles. The standard InChI is InChI=1S/C26H24N2O4/c1-15-24(30)18(10-21-19-5-2-3-6-20(19)26(31)32-25(15)21)14-27-11-16-9-17(13-27)22-7-4-8-23(29)28(22)12-16/h2-8,10,16-17,30H,9,11-14H2,1H3/t16-,17+/m1/s1. The summed E-state index contributed by atoms with van der Waals surface area (Å²) < 4.78 is 7.51. The van der Waals surface area contributed by atoms with E-state index in [-0.39, 0.29) is 16.9 Å². The number of fused-ring (bicyclic) bond motifs is 7. The van der Waals surface area contributed by atoms with Crippen LogP contribution in [0.15, 0.2) is 62.5 Å². The zero-order valence-electron chi connectivity index (χ0n) is 17.9. The van der Waals surface area contributed by atoms with Gasteiger partial charge in [0, 0.05) is 60.4 Å². The van der Waals surface area contributed by atoms with Crippen molar-refractivity contribution in [3.05, 3.63) is 86.1 Å². The lowest BCUT2D eigenvalue weighted by Crippen LogP contribution is -2.46. The fourth-order valence-corrected chi connectivity index (χ4v) is 5.72. The lowest BCUT2D eigenvalue weighted by atomic mass is 9.83. The number of hydrogen-bond donors (Lipinski definition) is 1. The van der Waals surface area contributed by atoms with Crippen LogP contribution in [0, 0.1) is 12.8 Å². The number of aromatic nitrogens is 1. The first-order valence-corrected chi connectivity index (χ1v) is 11.1. The minimum atomic E-state index is -0.388. The molecule has 0 amide bonds. The highest BCUT2D eigenvalue weighted by molar-refractivity contribution is 6.05. The van der Waals surface area contributed by atoms with Gasteiger partial charge in [0.2, 0.25) is 0 Å². The predicted molar refractivity (Wildman–Crippen MR) is 123 cm³/mol. The van der Waals surface area contributed by atoms with Crippen molar-refractivity contribution in [2.24, 2.45) is 5.92 Å². The van der Waals surface area contributed by atoms with E-state index in [0.717, 1.165) is 48.1 Å². The summed E-state index contributed by atoms with van der Waals surface area (Å²) >= 11 is 0. The number of likely N-dealkylation sites (tertiary alicyclic amines) is 1. The molecule has 6 nitrogen and oxygen atoms in total. The number of pyridine rings is 1. The highest BCUT2D eigenvalue weighted by Gasteiger charge is 2.34. The van der Waals surface area contributed by atoms with E-state index in [2.05, 4.69) is 11.0 Å². The first-order chi connectivity index (χ1) is 15.5. The maximum Gasteiger partial charge on any atom is 0.344 e. The maximum absolute atomic E-state index is 12.4. The molecule has 0 aliphatic carbocycles. The Hall–Kier alpha value is -3.38. The van der Waals surface area contributed by atoms with Crippen molar-refractivity contribution in [1.82, 2.24) is 9.47 Å². The van der Waals surface area contributed by atoms with Crippen molar-refractivity contribution in [1.29, 1.82) is 0 Å². The van der Waals surface area contributed by atoms with Gasteiger partial charge in [0.1, 0.15) is 11.3 Å². The number of phenolic OH excluding ortho intramolecular Hbond substituents is 1. The molecule has 6 heteroatoms. The second-order valence-corrected chi connectivity index (χ2v) is 9.21. The number of nitrogens with zero attached hydrogens (tertiary/aromatic N) is 2. The molecule has 162 valence electrons. The number of rotatable bonds is 2. The molecule has 4 aromatic rings. The van der Waals surface area contributed by atoms with Gasteiger partial charge in [-0.2, -0.15) is 0 Å². The van der Waals surface area contributed by atoms with Crippen LogP contribution in [-0.4, -0.2) is 27.7 Å². The van der Waals surface area contributed by atoms with E-state index in [1.807, 2.05) is 34.9 Å². The van der Waals surface area contributed by atoms with E-state index < -0.39 is 0 Å². The van der Waals surface area contributed by atoms with Crippen LogP contribution in [0.25, 0.3) is 21.7 Å². The van der Waals surface area contributed by atoms with E-state index in [4.69, 9.17) is 4.42 Å². The minimum absolute atomic E-state index is 0.0850. The van der Waals surface area contributed by atoms with Crippen molar-refractivity contribution in [3.8, 4) is 5.75 Å². The summed E-state index contributed by atoms with van der Waals surface area (Å²) in [6.45, 7) is 4.90. The quantitative estimate of drug-likeness (QED) is 0.389. The fraction of sp³-hybridized carbons (Fsp3) is 0.308. The summed E-state index contributed by atoms with van der Waals surface area (Å²) in [5.74, 6) is 0.922. The largest absolute Gasteiger partial charge is 0.507 e. The number of piperidine rings is 1. The van der Waals surface area contributed by atoms with Crippen molar-refractivity contribution in [3.63, 3.8) is 0 Å². The number of benzene rings is 2. The second-order valence-electron chi connectivity index (χ2n) is 9.21. The molecule has 0 saturated carbocycles. The summed E-state index contributed by atoms with van der Waals surface area (Å²) in [5.41, 5.74) is 2.68. The van der Waals surface area contributed by atoms with Gasteiger partial charge in [0.05, 0.1) is 5.39 Å². The summed E-state index contributed by atoms with van der Waals surface area (Å²) in [5, 5.41) is 13.2. The monoisotopic (exact) mass is 428 g/mol. The molecular weight excluding hydrogens is 404 g/mol. The minimum Gasteiger partial charge on any atom is -0.507 e. The lowest BCUT2D eigenvalue weighted by Gasteiger charge is -2.42. The predicted octanol–water partition coefficient (Wildman–Crippen LogP) is 3.74. The van der Waals surface area contributed by atoms with Crippen molar-refractivity contribution < 1.29 is 9.52 Å². The Morgan fingerprint density at radius 1 is 1.00 bits per heavy atom. The highest BCUT2D eigenvalue weighted by atomic mass is 16.4. The first-order valence-electron chi connectivity index (χ1n) is 11.1. The van der Waals surface area contributed by atoms with Crippen LogP contribution in [0.2, 0.25) is 0 Å². The molecule has 2 aromatic heterocycles. The van der Waals surface area contributed by atoms with Gasteiger partial charge in [-0.25, -0.2) is 4.79 Å². The molecule has 0 unspecified atom stereocenters. The van der Waals surface area contributed by atoms with Gasteiger partial charge >= 0.3 is 5.63 Å². The molecule has 0 spiro atoms. The average molecular weight is 428 g/mol. The SMILES string of the molecule is Cc1c(O)c(CN2C[C@H]3C[C@@H](C2)c2cccc(=O)n2C3)cc2c1oc(=O)c1ccccc12. The molecule has 2 aromatic carbocycles. The highest BCUT2D eigenvalue weighted by Crippen LogP contribution is 2.38. The van der Waals surface area contributed by atoms with Crippen molar-refractivity contribution in [2.45, 2.75) is 32.4 Å². The first kappa shape index (κ1) is 19.3. The normalized spacial score (nSPS) is 20.5. The zero-order valence-corrected chi connectivity index (χ0v) is 17.9. The zero-order chi connectivity index (χ0) is 22.0. The van der Waals surface area contributed by atoms with E-state index in [9.17, 15) is 14.7 Å². The molecule has 32 heavy (non-hydrogen) atoms. The third-order valence-corrected chi connectivity index (χ3v) is 7.14. The van der Waals surface area contributed by atoms with Gasteiger partial charge in [-0.15, -0.1) is 0 Å². The molecule has 6 rings (SSSR count). The molecule has 1 fully saturated rings. The molecule has 2 aliphatic rings. The summed E-state index contributed by atoms with van der Waals surface area (Å²) in [4.78, 5) is 27.1. The molecule has 2 aliphatic heterocycles. The van der Waals surface area contributed by atoms with Crippen LogP contribution < -0.4 is 11.2 Å². The van der Waals surface area contributed by atoms with Crippen molar-refractivity contribution in [2.75, 3.05) is 13.1 Å². The Bertz CT molecular complexity index is 1500. The summed E-state index contributed by atoms with van der Waals surface area (Å²) in [7, 11) is 0. The number of aromatic hydroxyl groups is 1. The fourth-order valence-electron chi connectivity index (χ4n) is 5.72. The smallest absolute Gasteiger partial charge is 0.344 e. The topological polar surface area (TPSA) is 75.7 Å². The van der Waals surface area contributed by atoms with Crippen LogP contribution in [-0.2, 0) is 13.1 Å². The Morgan fingerprint density at radius 2 is 1.81 bits per heavy atom. The van der Waals surface area contributed by atoms with Gasteiger partial charge in [-0.3, -0.25) is 9.69 Å². The van der Waals surface area contributed by atoms with Gasteiger partial charge in [-0.05, 0) is 42.8 Å². The Morgan fingerprint density at radius 3 is 2.66 bits per heavy atom. The molecule has 0 radical (unpaired) electrons. The maximum atomic E-state index is 12.4. The average Bonchev–Trinajstić information content (AvgIpc) is 2.79. The molecule has 1 N–H and O–H groups in total. The van der Waals surface area contributed by atoms with E-state index in [1.165, 1.54) is 0 Å². The lowest BCUT2D eigenvalue weighted by molar-refractivity contribution is 0.113. The van der Waals surface area contributed by atoms with Crippen LogP contribution >= 0.6 is 0 Å². The van der Waals surface area contributed by atoms with Crippen LogP contribution in [0.3, 0.4) is 0 Å². The van der Waals surface area contributed by atoms with Crippen molar-refractivity contribution >= 4 is 21.7 Å². The number of aryl methyl sites for hydroxylation is 1. The third kappa shape index (κ3) is 2.90. The molecular formula is C26H24N2O4. The van der Waals surface area contributed by atoms with Gasteiger partial charge in [0.25, 0.3) is 5.56 Å². The van der Waals surface area contributed by atoms with Gasteiger partial charge in [-0.1, -0.05) is 24.3 Å². The Labute approximate surface area is 184 Å². The van der Waals surface area contributed by atoms with Crippen LogP contribution in [0.1, 0.15) is 29.2 Å². The van der Waals surface area contributed by atoms with Crippen LogP contribution in [0.4, 0.5) is 0 Å². The third-order valence-electron chi connectivity index (χ3n) is 7.14. The van der Waals surface area contributed by atoms with Crippen LogP contribution in [0.5, 0.6) is 5.75 Å². The number of hydrogen-bond acceptors (Lipinski definition) is 5. The summed E-state index contributed by atoms with van der Waals surface area (Å²) in [6, 6.07) is 15.0. The molecule has 2 atom stereocenters. The molecule has 2 bridgehead atoms. The molecule has 1 saturated heterocycles. The Kier molecular flexibility index (Phi) is 4.27. The van der Waals surface area contributed by atoms with Gasteiger partial charge < -0.3 is 14.1 Å². The second kappa shape index (κ2) is 7.07. The van der Waals surface area contributed by atoms with E-state index >= 15 is 0 Å².